The average molecular weight is 167 g/mol. The number of amides is 1. The lowest BCUT2D eigenvalue weighted by Gasteiger charge is -2.04. The fourth-order valence-electron chi connectivity index (χ4n) is 2.67. The van der Waals surface area contributed by atoms with E-state index in [0.717, 1.165) is 18.4 Å². The molecule has 0 aromatic carbocycles. The number of rotatable bonds is 2. The monoisotopic (exact) mass is 167 g/mol. The third kappa shape index (κ3) is 1.23. The van der Waals surface area contributed by atoms with Crippen LogP contribution in [0.5, 0.6) is 0 Å². The molecule has 0 aromatic heterocycles. The molecule has 0 radical (unpaired) electrons. The fraction of sp³-hybridized carbons (Fsp3) is 0.900. The Balaban J connectivity index is 1.87. The van der Waals surface area contributed by atoms with Crippen LogP contribution in [0.15, 0.2) is 0 Å². The van der Waals surface area contributed by atoms with Gasteiger partial charge >= 0.3 is 0 Å². The molecule has 2 saturated carbocycles. The molecule has 2 fully saturated rings. The van der Waals surface area contributed by atoms with Crippen LogP contribution in [0.2, 0.25) is 0 Å². The predicted octanol–water partition coefficient (Wildman–Crippen LogP) is 1.56. The van der Waals surface area contributed by atoms with Crippen molar-refractivity contribution in [3.05, 3.63) is 0 Å². The van der Waals surface area contributed by atoms with Gasteiger partial charge in [-0.05, 0) is 31.6 Å². The second kappa shape index (κ2) is 3.08. The van der Waals surface area contributed by atoms with Gasteiger partial charge in [-0.25, -0.2) is 0 Å². The van der Waals surface area contributed by atoms with Crippen molar-refractivity contribution in [2.45, 2.75) is 32.6 Å². The summed E-state index contributed by atoms with van der Waals surface area (Å²) in [5, 5.41) is 2.92. The molecule has 1 amide bonds. The standard InChI is InChI=1S/C10H17NO/c1-2-11-10(12)9-7-5-3-4-6-8(7)9/h7-9H,2-6H2,1H3,(H,11,12). The molecule has 2 heteroatoms. The highest BCUT2D eigenvalue weighted by molar-refractivity contribution is 5.82. The molecule has 0 saturated heterocycles. The van der Waals surface area contributed by atoms with E-state index < -0.39 is 0 Å². The molecular weight excluding hydrogens is 150 g/mol. The maximum atomic E-state index is 11.5. The Labute approximate surface area is 73.7 Å². The van der Waals surface area contributed by atoms with Gasteiger partial charge in [0.05, 0.1) is 0 Å². The van der Waals surface area contributed by atoms with Gasteiger partial charge in [-0.15, -0.1) is 0 Å². The lowest BCUT2D eigenvalue weighted by atomic mass is 10.0. The summed E-state index contributed by atoms with van der Waals surface area (Å²) in [6.07, 6.45) is 5.28. The molecule has 2 nitrogen and oxygen atoms in total. The molecule has 0 aromatic rings. The van der Waals surface area contributed by atoms with E-state index >= 15 is 0 Å². The van der Waals surface area contributed by atoms with Gasteiger partial charge in [0.15, 0.2) is 0 Å². The first kappa shape index (κ1) is 8.09. The molecule has 0 heterocycles. The summed E-state index contributed by atoms with van der Waals surface area (Å²) < 4.78 is 0. The Kier molecular flexibility index (Phi) is 2.07. The molecular formula is C10H17NO. The average Bonchev–Trinajstić information content (AvgIpc) is 2.78. The number of fused-ring (bicyclic) bond motifs is 1. The molecule has 12 heavy (non-hydrogen) atoms. The third-order valence-electron chi connectivity index (χ3n) is 3.31. The summed E-state index contributed by atoms with van der Waals surface area (Å²) >= 11 is 0. The minimum Gasteiger partial charge on any atom is -0.356 e. The highest BCUT2D eigenvalue weighted by Gasteiger charge is 2.54. The van der Waals surface area contributed by atoms with Crippen LogP contribution in [0, 0.1) is 17.8 Å². The number of hydrogen-bond donors (Lipinski definition) is 1. The lowest BCUT2D eigenvalue weighted by molar-refractivity contribution is -0.122. The summed E-state index contributed by atoms with van der Waals surface area (Å²) in [5.41, 5.74) is 0. The van der Waals surface area contributed by atoms with Crippen LogP contribution in [0.1, 0.15) is 32.6 Å². The Morgan fingerprint density at radius 2 is 1.92 bits per heavy atom. The van der Waals surface area contributed by atoms with Crippen LogP contribution in [-0.4, -0.2) is 12.5 Å². The molecule has 2 aliphatic carbocycles. The summed E-state index contributed by atoms with van der Waals surface area (Å²) in [6.45, 7) is 2.78. The molecule has 2 unspecified atom stereocenters. The first-order valence-electron chi connectivity index (χ1n) is 5.12. The summed E-state index contributed by atoms with van der Waals surface area (Å²) in [6, 6.07) is 0. The van der Waals surface area contributed by atoms with E-state index in [0.29, 0.717) is 11.8 Å². The van der Waals surface area contributed by atoms with Gasteiger partial charge in [0, 0.05) is 12.5 Å². The molecule has 2 aliphatic rings. The van der Waals surface area contributed by atoms with Gasteiger partial charge in [0.2, 0.25) is 5.91 Å². The van der Waals surface area contributed by atoms with Gasteiger partial charge in [0.1, 0.15) is 0 Å². The normalized spacial score (nSPS) is 38.6. The van der Waals surface area contributed by atoms with Gasteiger partial charge in [-0.2, -0.15) is 0 Å². The Hall–Kier alpha value is -0.530. The van der Waals surface area contributed by atoms with Crippen LogP contribution in [-0.2, 0) is 4.79 Å². The highest BCUT2D eigenvalue weighted by atomic mass is 16.2. The maximum Gasteiger partial charge on any atom is 0.223 e. The van der Waals surface area contributed by atoms with Crippen molar-refractivity contribution < 1.29 is 4.79 Å². The maximum absolute atomic E-state index is 11.5. The Morgan fingerprint density at radius 3 is 2.42 bits per heavy atom. The second-order valence-corrected chi connectivity index (χ2v) is 4.03. The summed E-state index contributed by atoms with van der Waals surface area (Å²) in [5.74, 6) is 2.22. The largest absolute Gasteiger partial charge is 0.356 e. The molecule has 0 bridgehead atoms. The quantitative estimate of drug-likeness (QED) is 0.664. The van der Waals surface area contributed by atoms with Crippen molar-refractivity contribution >= 4 is 5.91 Å². The molecule has 1 N–H and O–H groups in total. The third-order valence-corrected chi connectivity index (χ3v) is 3.31. The zero-order chi connectivity index (χ0) is 8.55. The second-order valence-electron chi connectivity index (χ2n) is 4.03. The number of hydrogen-bond acceptors (Lipinski definition) is 1. The molecule has 2 rings (SSSR count). The smallest absolute Gasteiger partial charge is 0.223 e. The summed E-state index contributed by atoms with van der Waals surface area (Å²) in [4.78, 5) is 11.5. The van der Waals surface area contributed by atoms with Crippen LogP contribution in [0.4, 0.5) is 0 Å². The minimum absolute atomic E-state index is 0.314. The van der Waals surface area contributed by atoms with E-state index in [1.165, 1.54) is 25.7 Å². The zero-order valence-corrected chi connectivity index (χ0v) is 7.68. The minimum atomic E-state index is 0.314. The Bertz CT molecular complexity index is 178. The summed E-state index contributed by atoms with van der Waals surface area (Å²) in [7, 11) is 0. The molecule has 0 spiro atoms. The van der Waals surface area contributed by atoms with E-state index in [1.54, 1.807) is 0 Å². The zero-order valence-electron chi connectivity index (χ0n) is 7.68. The van der Waals surface area contributed by atoms with Gasteiger partial charge in [-0.3, -0.25) is 4.79 Å². The molecule has 2 atom stereocenters. The number of nitrogens with one attached hydrogen (secondary N) is 1. The van der Waals surface area contributed by atoms with Crippen molar-refractivity contribution in [2.24, 2.45) is 17.8 Å². The van der Waals surface area contributed by atoms with Gasteiger partial charge < -0.3 is 5.32 Å². The van der Waals surface area contributed by atoms with E-state index in [-0.39, 0.29) is 0 Å². The van der Waals surface area contributed by atoms with Crippen molar-refractivity contribution in [3.63, 3.8) is 0 Å². The van der Waals surface area contributed by atoms with Crippen molar-refractivity contribution in [2.75, 3.05) is 6.54 Å². The van der Waals surface area contributed by atoms with Crippen LogP contribution in [0.3, 0.4) is 0 Å². The Morgan fingerprint density at radius 1 is 1.33 bits per heavy atom. The first-order chi connectivity index (χ1) is 5.84. The predicted molar refractivity (Wildman–Crippen MR) is 47.6 cm³/mol. The van der Waals surface area contributed by atoms with E-state index in [4.69, 9.17) is 0 Å². The van der Waals surface area contributed by atoms with Gasteiger partial charge in [-0.1, -0.05) is 12.8 Å². The SMILES string of the molecule is CCNC(=O)C1C2CCCCC21. The van der Waals surface area contributed by atoms with Crippen LogP contribution >= 0.6 is 0 Å². The van der Waals surface area contributed by atoms with Crippen LogP contribution in [0.25, 0.3) is 0 Å². The molecule has 68 valence electrons. The number of carbonyl (C=O) groups excluding carboxylic acids is 1. The highest BCUT2D eigenvalue weighted by Crippen LogP contribution is 2.55. The van der Waals surface area contributed by atoms with Crippen molar-refractivity contribution in [3.8, 4) is 0 Å². The van der Waals surface area contributed by atoms with Gasteiger partial charge in [0.25, 0.3) is 0 Å². The number of carbonyl (C=O) groups is 1. The first-order valence-corrected chi connectivity index (χ1v) is 5.12. The van der Waals surface area contributed by atoms with E-state index in [2.05, 4.69) is 5.32 Å². The topological polar surface area (TPSA) is 29.1 Å². The molecule has 0 aliphatic heterocycles. The van der Waals surface area contributed by atoms with E-state index in [9.17, 15) is 4.79 Å². The van der Waals surface area contributed by atoms with Crippen LogP contribution < -0.4 is 5.32 Å². The lowest BCUT2D eigenvalue weighted by Crippen LogP contribution is -2.25. The van der Waals surface area contributed by atoms with Crippen molar-refractivity contribution in [1.29, 1.82) is 0 Å². The fourth-order valence-corrected chi connectivity index (χ4v) is 2.67. The van der Waals surface area contributed by atoms with E-state index in [1.807, 2.05) is 6.92 Å². The van der Waals surface area contributed by atoms with Crippen molar-refractivity contribution in [1.82, 2.24) is 5.32 Å².